The Morgan fingerprint density at radius 1 is 1.17 bits per heavy atom. The number of esters is 2. The zero-order chi connectivity index (χ0) is 35.2. The molecule has 2 amide bonds. The number of nitrogens with one attached hydrogen (secondary N) is 2. The number of carbonyl (C=O) groups is 4. The van der Waals surface area contributed by atoms with Gasteiger partial charge in [0, 0.05) is 24.6 Å². The van der Waals surface area contributed by atoms with Crippen LogP contribution in [0.3, 0.4) is 0 Å². The zero-order valence-corrected chi connectivity index (χ0v) is 29.1. The van der Waals surface area contributed by atoms with E-state index in [0.717, 1.165) is 17.7 Å². The number of hydrogen-bond acceptors (Lipinski definition) is 11. The molecule has 1 aromatic rings. The third-order valence-electron chi connectivity index (χ3n) is 9.76. The van der Waals surface area contributed by atoms with E-state index in [1.54, 1.807) is 34.0 Å². The molecule has 13 nitrogen and oxygen atoms in total. The van der Waals surface area contributed by atoms with Crippen molar-refractivity contribution in [3.05, 3.63) is 35.1 Å². The highest BCUT2D eigenvalue weighted by Crippen LogP contribution is 2.65. The number of carbonyl (C=O) groups excluding carboxylic acids is 4. The molecule has 0 radical (unpaired) electrons. The molecular weight excluding hydrogens is 622 g/mol. The molecule has 0 saturated carbocycles. The highest BCUT2D eigenvalue weighted by molar-refractivity contribution is 5.86. The van der Waals surface area contributed by atoms with Crippen molar-refractivity contribution in [2.45, 2.75) is 115 Å². The quantitative estimate of drug-likeness (QED) is 0.234. The molecule has 2 aliphatic heterocycles. The van der Waals surface area contributed by atoms with Gasteiger partial charge in [-0.1, -0.05) is 19.9 Å². The molecule has 264 valence electrons. The minimum absolute atomic E-state index is 0.0652. The van der Waals surface area contributed by atoms with Crippen LogP contribution < -0.4 is 20.1 Å². The molecule has 1 fully saturated rings. The van der Waals surface area contributed by atoms with Crippen molar-refractivity contribution in [1.29, 1.82) is 0 Å². The van der Waals surface area contributed by atoms with Gasteiger partial charge in [-0.3, -0.25) is 9.59 Å². The molecule has 0 aromatic heterocycles. The van der Waals surface area contributed by atoms with Gasteiger partial charge in [-0.05, 0) is 84.2 Å². The van der Waals surface area contributed by atoms with Crippen LogP contribution in [0.1, 0.15) is 78.4 Å². The second-order valence-electron chi connectivity index (χ2n) is 14.7. The average molecular weight is 672 g/mol. The van der Waals surface area contributed by atoms with Gasteiger partial charge >= 0.3 is 18.0 Å². The fraction of sp³-hybridized carbons (Fsp3) is 0.657. The highest BCUT2D eigenvalue weighted by Gasteiger charge is 2.72. The molecule has 4 aliphatic rings. The summed E-state index contributed by atoms with van der Waals surface area (Å²) in [5, 5.41) is 17.6. The van der Waals surface area contributed by atoms with E-state index in [1.807, 2.05) is 33.0 Å². The van der Waals surface area contributed by atoms with Crippen molar-refractivity contribution in [2.24, 2.45) is 5.92 Å². The van der Waals surface area contributed by atoms with Gasteiger partial charge in [0.2, 0.25) is 5.91 Å². The van der Waals surface area contributed by atoms with Gasteiger partial charge in [-0.2, -0.15) is 0 Å². The summed E-state index contributed by atoms with van der Waals surface area (Å²) in [7, 11) is 3.58. The van der Waals surface area contributed by atoms with Crippen LogP contribution in [0.15, 0.2) is 24.0 Å². The van der Waals surface area contributed by atoms with Crippen molar-refractivity contribution in [1.82, 2.24) is 15.5 Å². The topological polar surface area (TPSA) is 162 Å². The number of aliphatic hydroxyl groups is 1. The van der Waals surface area contributed by atoms with Crippen LogP contribution in [0.25, 0.3) is 0 Å². The Balaban J connectivity index is 1.20. The van der Waals surface area contributed by atoms with Gasteiger partial charge in [0.25, 0.3) is 0 Å². The lowest BCUT2D eigenvalue weighted by molar-refractivity contribution is -0.175. The Morgan fingerprint density at radius 2 is 1.90 bits per heavy atom. The van der Waals surface area contributed by atoms with Crippen molar-refractivity contribution >= 4 is 23.9 Å². The number of likely N-dealkylation sites (tertiary alicyclic amines) is 1. The average Bonchev–Trinajstić information content (AvgIpc) is 3.34. The van der Waals surface area contributed by atoms with Crippen molar-refractivity contribution in [3.8, 4) is 11.5 Å². The fourth-order valence-electron chi connectivity index (χ4n) is 7.65. The van der Waals surface area contributed by atoms with Gasteiger partial charge in [-0.15, -0.1) is 0 Å². The molecule has 1 spiro atoms. The van der Waals surface area contributed by atoms with Gasteiger partial charge in [-0.25, -0.2) is 9.59 Å². The van der Waals surface area contributed by atoms with Crippen LogP contribution in [0.5, 0.6) is 11.5 Å². The fourth-order valence-corrected chi connectivity index (χ4v) is 7.65. The van der Waals surface area contributed by atoms with E-state index >= 15 is 0 Å². The number of piperidine rings is 1. The number of ether oxygens (including phenoxy) is 5. The summed E-state index contributed by atoms with van der Waals surface area (Å²) >= 11 is 0. The Morgan fingerprint density at radius 3 is 2.56 bits per heavy atom. The number of benzene rings is 1. The maximum atomic E-state index is 13.3. The molecule has 0 unspecified atom stereocenters. The molecule has 5 rings (SSSR count). The molecule has 3 N–H and O–H groups in total. The van der Waals surface area contributed by atoms with Crippen molar-refractivity contribution in [3.63, 3.8) is 0 Å². The summed E-state index contributed by atoms with van der Waals surface area (Å²) in [4.78, 5) is 53.2. The molecule has 2 aliphatic carbocycles. The number of hydrogen-bond donors (Lipinski definition) is 3. The van der Waals surface area contributed by atoms with Crippen LogP contribution in [0.2, 0.25) is 0 Å². The smallest absolute Gasteiger partial charge is 0.408 e. The highest BCUT2D eigenvalue weighted by atomic mass is 16.6. The third-order valence-corrected chi connectivity index (χ3v) is 9.76. The second kappa shape index (κ2) is 13.2. The monoisotopic (exact) mass is 671 g/mol. The Kier molecular flexibility index (Phi) is 9.77. The molecule has 1 saturated heterocycles. The molecule has 2 bridgehead atoms. The lowest BCUT2D eigenvalue weighted by Crippen LogP contribution is -2.74. The predicted molar refractivity (Wildman–Crippen MR) is 173 cm³/mol. The molecular formula is C35H49N3O10. The van der Waals surface area contributed by atoms with Gasteiger partial charge in [0.15, 0.2) is 23.7 Å². The van der Waals surface area contributed by atoms with E-state index in [4.69, 9.17) is 23.7 Å². The van der Waals surface area contributed by atoms with Crippen LogP contribution in [0, 0.1) is 5.92 Å². The van der Waals surface area contributed by atoms with Gasteiger partial charge < -0.3 is 44.3 Å². The van der Waals surface area contributed by atoms with Crippen molar-refractivity contribution in [2.75, 3.05) is 27.2 Å². The molecule has 2 heterocycles. The number of amides is 2. The lowest BCUT2D eigenvalue weighted by Gasteiger charge is -2.61. The van der Waals surface area contributed by atoms with E-state index in [1.165, 1.54) is 6.92 Å². The molecule has 6 atom stereocenters. The maximum absolute atomic E-state index is 13.3. The summed E-state index contributed by atoms with van der Waals surface area (Å²) in [5.74, 6) is -0.483. The second-order valence-corrected chi connectivity index (χ2v) is 14.7. The first-order chi connectivity index (χ1) is 22.5. The van der Waals surface area contributed by atoms with Crippen LogP contribution in [0.4, 0.5) is 4.79 Å². The number of methoxy groups -OCH3 is 1. The van der Waals surface area contributed by atoms with Gasteiger partial charge in [0.1, 0.15) is 17.4 Å². The zero-order valence-electron chi connectivity index (χ0n) is 29.1. The van der Waals surface area contributed by atoms with Crippen molar-refractivity contribution < 1.29 is 48.0 Å². The number of likely N-dealkylation sites (N-methyl/N-ethyl adjacent to an activating group) is 1. The Labute approximate surface area is 281 Å². The number of rotatable bonds is 11. The molecule has 48 heavy (non-hydrogen) atoms. The van der Waals surface area contributed by atoms with E-state index in [2.05, 4.69) is 15.5 Å². The number of nitrogens with zero attached hydrogens (tertiary/aromatic N) is 1. The van der Waals surface area contributed by atoms with Gasteiger partial charge in [0.05, 0.1) is 24.5 Å². The van der Waals surface area contributed by atoms with E-state index < -0.39 is 58.8 Å². The maximum Gasteiger partial charge on any atom is 0.408 e. The number of alkyl carbamates (subject to hydrolysis) is 1. The summed E-state index contributed by atoms with van der Waals surface area (Å²) in [6.45, 7) is 11.1. The lowest BCUT2D eigenvalue weighted by atomic mass is 9.50. The minimum Gasteiger partial charge on any atom is -0.493 e. The van der Waals surface area contributed by atoms with Crippen LogP contribution >= 0.6 is 0 Å². The summed E-state index contributed by atoms with van der Waals surface area (Å²) in [5.41, 5.74) is -0.717. The SMILES string of the molecule is COc1ccc2c3c1O[C@H]1C(OC(=O)[C@H](C)OC(=O)CCNC(=O)[C@H](CC(C)C)NC(=O)OC(C)(C)C)=CC[C@@]4(O)[C@H](C2)N(C)CC[C@]314. The Bertz CT molecular complexity index is 1490. The summed E-state index contributed by atoms with van der Waals surface area (Å²) in [6, 6.07) is 2.89. The minimum atomic E-state index is -1.25. The third kappa shape index (κ3) is 6.46. The van der Waals surface area contributed by atoms with Crippen LogP contribution in [-0.4, -0.2) is 96.7 Å². The summed E-state index contributed by atoms with van der Waals surface area (Å²) in [6.07, 6.45) is 0.646. The van der Waals surface area contributed by atoms with E-state index in [-0.39, 0.29) is 37.1 Å². The van der Waals surface area contributed by atoms with Crippen LogP contribution in [-0.2, 0) is 40.4 Å². The molecule has 1 aromatic carbocycles. The van der Waals surface area contributed by atoms with E-state index in [9.17, 15) is 24.3 Å². The first kappa shape index (κ1) is 35.5. The molecule has 13 heteroatoms. The standard InChI is InChI=1S/C35H49N3O10/c1-19(2)17-22(37-32(42)48-33(4,5)6)30(40)36-15-12-26(39)45-20(3)31(41)46-24-11-13-35(43)25-18-21-9-10-23(44-8)28-27(21)34(35,29(24)47-28)14-16-38(25)7/h9-11,19-20,22,25,29,43H,12-18H2,1-8H3,(H,36,40)(H,37,42)/t20-,22-,25-,29-,34-,35+/m0/s1. The first-order valence-corrected chi connectivity index (χ1v) is 16.7. The first-order valence-electron chi connectivity index (χ1n) is 16.7. The Hall–Kier alpha value is -3.84. The normalized spacial score (nSPS) is 26.7. The van der Waals surface area contributed by atoms with E-state index in [0.29, 0.717) is 30.8 Å². The predicted octanol–water partition coefficient (Wildman–Crippen LogP) is 2.89. The largest absolute Gasteiger partial charge is 0.493 e. The summed E-state index contributed by atoms with van der Waals surface area (Å²) < 4.78 is 28.6.